The van der Waals surface area contributed by atoms with Gasteiger partial charge in [0, 0.05) is 12.4 Å². The number of carbonyl (C=O) groups excluding carboxylic acids is 1. The van der Waals surface area contributed by atoms with E-state index in [9.17, 15) is 18.0 Å². The molecule has 0 saturated heterocycles. The Morgan fingerprint density at radius 1 is 1.22 bits per heavy atom. The molecule has 0 bridgehead atoms. The van der Waals surface area contributed by atoms with Crippen LogP contribution in [0.3, 0.4) is 0 Å². The van der Waals surface area contributed by atoms with Gasteiger partial charge in [-0.1, -0.05) is 22.9 Å². The van der Waals surface area contributed by atoms with E-state index < -0.39 is 28.7 Å². The molecule has 2 heterocycles. The molecule has 1 aromatic carbocycles. The van der Waals surface area contributed by atoms with Crippen LogP contribution in [0.25, 0.3) is 5.95 Å². The molecule has 2 aromatic heterocycles. The van der Waals surface area contributed by atoms with Gasteiger partial charge in [-0.15, -0.1) is 5.10 Å². The van der Waals surface area contributed by atoms with E-state index in [0.29, 0.717) is 5.69 Å². The zero-order valence-corrected chi connectivity index (χ0v) is 14.5. The van der Waals surface area contributed by atoms with Crippen LogP contribution in [0.5, 0.6) is 0 Å². The Morgan fingerprint density at radius 2 is 1.93 bits per heavy atom. The topological polar surface area (TPSA) is 85.6 Å². The molecule has 27 heavy (non-hydrogen) atoms. The van der Waals surface area contributed by atoms with E-state index in [1.54, 1.807) is 13.0 Å². The number of rotatable bonds is 4. The Morgan fingerprint density at radius 3 is 2.59 bits per heavy atom. The standard InChI is InChI=1S/C16H12ClF3N6O/c1-9(12-8-26(25-24-12)15-21-6-3-7-22-15)23-14(27)10-4-2-5-11(13(10)17)16(18,19)20/h2-9H,1H3,(H,23,27). The highest BCUT2D eigenvalue weighted by atomic mass is 35.5. The molecule has 7 nitrogen and oxygen atoms in total. The maximum Gasteiger partial charge on any atom is 0.417 e. The summed E-state index contributed by atoms with van der Waals surface area (Å²) in [5.41, 5.74) is -0.979. The number of hydrogen-bond donors (Lipinski definition) is 1. The second kappa shape index (κ2) is 7.31. The number of alkyl halides is 3. The van der Waals surface area contributed by atoms with Crippen molar-refractivity contribution in [2.24, 2.45) is 0 Å². The molecule has 3 rings (SSSR count). The van der Waals surface area contributed by atoms with Crippen LogP contribution in [0.2, 0.25) is 5.02 Å². The first-order valence-corrected chi connectivity index (χ1v) is 8.01. The highest BCUT2D eigenvalue weighted by Gasteiger charge is 2.34. The second-order valence-corrected chi connectivity index (χ2v) is 5.87. The van der Waals surface area contributed by atoms with Gasteiger partial charge in [0.2, 0.25) is 0 Å². The van der Waals surface area contributed by atoms with Crippen LogP contribution in [0.1, 0.15) is 34.6 Å². The zero-order valence-electron chi connectivity index (χ0n) is 13.8. The third kappa shape index (κ3) is 4.05. The lowest BCUT2D eigenvalue weighted by Gasteiger charge is -2.14. The molecular weight excluding hydrogens is 385 g/mol. The van der Waals surface area contributed by atoms with Gasteiger partial charge in [-0.25, -0.2) is 9.97 Å². The SMILES string of the molecule is CC(NC(=O)c1cccc(C(F)(F)F)c1Cl)c1cn(-c2ncccn2)nn1. The van der Waals surface area contributed by atoms with Crippen molar-refractivity contribution in [2.45, 2.75) is 19.1 Å². The van der Waals surface area contributed by atoms with Gasteiger partial charge in [0.15, 0.2) is 0 Å². The summed E-state index contributed by atoms with van der Waals surface area (Å²) in [5.74, 6) is -0.472. The first-order chi connectivity index (χ1) is 12.8. The molecule has 0 aliphatic carbocycles. The minimum Gasteiger partial charge on any atom is -0.344 e. The third-order valence-corrected chi connectivity index (χ3v) is 4.02. The van der Waals surface area contributed by atoms with Crippen LogP contribution >= 0.6 is 11.6 Å². The van der Waals surface area contributed by atoms with E-state index in [-0.39, 0.29) is 11.5 Å². The number of nitrogens with one attached hydrogen (secondary N) is 1. The van der Waals surface area contributed by atoms with Crippen molar-refractivity contribution < 1.29 is 18.0 Å². The molecule has 0 spiro atoms. The van der Waals surface area contributed by atoms with Crippen LogP contribution in [0.4, 0.5) is 13.2 Å². The Hall–Kier alpha value is -3.01. The van der Waals surface area contributed by atoms with Crippen molar-refractivity contribution in [3.05, 3.63) is 64.7 Å². The van der Waals surface area contributed by atoms with E-state index in [4.69, 9.17) is 11.6 Å². The summed E-state index contributed by atoms with van der Waals surface area (Å²) in [6.07, 6.45) is -0.0829. The van der Waals surface area contributed by atoms with Gasteiger partial charge in [0.05, 0.1) is 28.4 Å². The van der Waals surface area contributed by atoms with Crippen LogP contribution in [-0.4, -0.2) is 30.9 Å². The molecule has 1 unspecified atom stereocenters. The highest BCUT2D eigenvalue weighted by molar-refractivity contribution is 6.34. The molecule has 3 aromatic rings. The summed E-state index contributed by atoms with van der Waals surface area (Å²) in [5, 5.41) is 9.68. The number of halogens is 4. The van der Waals surface area contributed by atoms with Gasteiger partial charge >= 0.3 is 6.18 Å². The average molecular weight is 397 g/mol. The summed E-state index contributed by atoms with van der Waals surface area (Å²) in [6.45, 7) is 1.61. The van der Waals surface area contributed by atoms with Gasteiger partial charge in [0.1, 0.15) is 5.69 Å². The van der Waals surface area contributed by atoms with Crippen molar-refractivity contribution in [2.75, 3.05) is 0 Å². The maximum absolute atomic E-state index is 12.9. The smallest absolute Gasteiger partial charge is 0.344 e. The van der Waals surface area contributed by atoms with Crippen LogP contribution < -0.4 is 5.32 Å². The zero-order chi connectivity index (χ0) is 19.6. The van der Waals surface area contributed by atoms with Gasteiger partial charge in [-0.3, -0.25) is 4.79 Å². The summed E-state index contributed by atoms with van der Waals surface area (Å²) in [7, 11) is 0. The van der Waals surface area contributed by atoms with E-state index in [2.05, 4.69) is 25.6 Å². The number of benzene rings is 1. The van der Waals surface area contributed by atoms with Crippen LogP contribution in [0.15, 0.2) is 42.9 Å². The first kappa shape index (κ1) is 18.8. The van der Waals surface area contributed by atoms with Gasteiger partial charge < -0.3 is 5.32 Å². The lowest BCUT2D eigenvalue weighted by atomic mass is 10.1. The second-order valence-electron chi connectivity index (χ2n) is 5.50. The minimum atomic E-state index is -4.66. The van der Waals surface area contributed by atoms with Crippen molar-refractivity contribution >= 4 is 17.5 Å². The quantitative estimate of drug-likeness (QED) is 0.731. The predicted octanol–water partition coefficient (Wildman–Crippen LogP) is 3.22. The highest BCUT2D eigenvalue weighted by Crippen LogP contribution is 2.36. The first-order valence-electron chi connectivity index (χ1n) is 7.63. The van der Waals surface area contributed by atoms with E-state index in [0.717, 1.165) is 12.1 Å². The third-order valence-electron chi connectivity index (χ3n) is 3.61. The van der Waals surface area contributed by atoms with Gasteiger partial charge in [-0.2, -0.15) is 17.9 Å². The Labute approximate surface area is 156 Å². The normalized spacial score (nSPS) is 12.6. The Bertz CT molecular complexity index is 960. The molecule has 0 radical (unpaired) electrons. The number of hydrogen-bond acceptors (Lipinski definition) is 5. The molecule has 1 atom stereocenters. The predicted molar refractivity (Wildman–Crippen MR) is 89.3 cm³/mol. The molecule has 1 N–H and O–H groups in total. The monoisotopic (exact) mass is 396 g/mol. The van der Waals surface area contributed by atoms with Crippen molar-refractivity contribution in [3.63, 3.8) is 0 Å². The lowest BCUT2D eigenvalue weighted by Crippen LogP contribution is -2.27. The fraction of sp³-hybridized carbons (Fsp3) is 0.188. The fourth-order valence-electron chi connectivity index (χ4n) is 2.26. The summed E-state index contributed by atoms with van der Waals surface area (Å²) < 4.78 is 40.1. The van der Waals surface area contributed by atoms with Gasteiger partial charge in [-0.05, 0) is 25.1 Å². The van der Waals surface area contributed by atoms with Crippen molar-refractivity contribution in [1.29, 1.82) is 0 Å². The largest absolute Gasteiger partial charge is 0.417 e. The molecule has 0 aliphatic rings. The lowest BCUT2D eigenvalue weighted by molar-refractivity contribution is -0.137. The molecule has 0 aliphatic heterocycles. The fourth-order valence-corrected chi connectivity index (χ4v) is 2.58. The number of carbonyl (C=O) groups is 1. The number of amides is 1. The van der Waals surface area contributed by atoms with Crippen LogP contribution in [-0.2, 0) is 6.18 Å². The van der Waals surface area contributed by atoms with Crippen molar-refractivity contribution in [3.8, 4) is 5.95 Å². The van der Waals surface area contributed by atoms with E-state index >= 15 is 0 Å². The summed E-state index contributed by atoms with van der Waals surface area (Å²) >= 11 is 5.77. The molecule has 0 fully saturated rings. The number of nitrogens with zero attached hydrogens (tertiary/aromatic N) is 5. The van der Waals surface area contributed by atoms with Crippen LogP contribution in [0, 0.1) is 0 Å². The van der Waals surface area contributed by atoms with E-state index in [1.807, 2.05) is 0 Å². The molecule has 0 saturated carbocycles. The summed E-state index contributed by atoms with van der Waals surface area (Å²) in [6, 6.07) is 4.16. The maximum atomic E-state index is 12.9. The summed E-state index contributed by atoms with van der Waals surface area (Å²) in [4.78, 5) is 20.4. The molecule has 140 valence electrons. The average Bonchev–Trinajstić information content (AvgIpc) is 3.12. The van der Waals surface area contributed by atoms with Gasteiger partial charge in [0.25, 0.3) is 11.9 Å². The Balaban J connectivity index is 1.78. The Kier molecular flexibility index (Phi) is 5.08. The molecule has 11 heteroatoms. The molecular formula is C16H12ClF3N6O. The van der Waals surface area contributed by atoms with E-state index in [1.165, 1.54) is 29.3 Å². The molecule has 1 amide bonds. The number of aromatic nitrogens is 5. The minimum absolute atomic E-state index is 0.280. The van der Waals surface area contributed by atoms with Crippen molar-refractivity contribution in [1.82, 2.24) is 30.3 Å².